The lowest BCUT2D eigenvalue weighted by molar-refractivity contribution is -0.130. The molecule has 150 valence electrons. The second-order valence-corrected chi connectivity index (χ2v) is 8.39. The number of hydrogen-bond donors (Lipinski definition) is 3. The SMILES string of the molecule is CCC(CC)N1CC(C(=O)Nc2cccc(S(=O)(=O)NCCN)c2)CC1=O. The van der Waals surface area contributed by atoms with Crippen molar-refractivity contribution < 1.29 is 18.0 Å². The minimum Gasteiger partial charge on any atom is -0.339 e. The largest absolute Gasteiger partial charge is 0.339 e. The molecular formula is C18H28N4O4S. The Morgan fingerprint density at radius 1 is 1.33 bits per heavy atom. The smallest absolute Gasteiger partial charge is 0.240 e. The molecule has 2 amide bonds. The molecule has 1 heterocycles. The Balaban J connectivity index is 2.06. The van der Waals surface area contributed by atoms with Gasteiger partial charge in [-0.25, -0.2) is 13.1 Å². The first-order valence-corrected chi connectivity index (χ1v) is 10.7. The molecule has 1 fully saturated rings. The summed E-state index contributed by atoms with van der Waals surface area (Å²) in [7, 11) is -3.68. The molecule has 1 aliphatic rings. The van der Waals surface area contributed by atoms with Gasteiger partial charge in [-0.3, -0.25) is 9.59 Å². The van der Waals surface area contributed by atoms with Crippen LogP contribution in [0.5, 0.6) is 0 Å². The van der Waals surface area contributed by atoms with Crippen molar-refractivity contribution in [3.63, 3.8) is 0 Å². The van der Waals surface area contributed by atoms with Crippen LogP contribution in [-0.4, -0.2) is 50.8 Å². The Hall–Kier alpha value is -1.97. The van der Waals surface area contributed by atoms with E-state index in [9.17, 15) is 18.0 Å². The van der Waals surface area contributed by atoms with E-state index >= 15 is 0 Å². The predicted octanol–water partition coefficient (Wildman–Crippen LogP) is 0.899. The van der Waals surface area contributed by atoms with E-state index in [0.717, 1.165) is 12.8 Å². The summed E-state index contributed by atoms with van der Waals surface area (Å²) in [4.78, 5) is 26.6. The highest BCUT2D eigenvalue weighted by Crippen LogP contribution is 2.25. The molecule has 0 aromatic heterocycles. The van der Waals surface area contributed by atoms with Gasteiger partial charge in [-0.15, -0.1) is 0 Å². The Bertz CT molecular complexity index is 777. The maximum absolute atomic E-state index is 12.6. The van der Waals surface area contributed by atoms with E-state index in [1.165, 1.54) is 12.1 Å². The van der Waals surface area contributed by atoms with E-state index in [1.807, 2.05) is 13.8 Å². The molecule has 1 unspecified atom stereocenters. The van der Waals surface area contributed by atoms with Crippen molar-refractivity contribution in [2.45, 2.75) is 44.0 Å². The van der Waals surface area contributed by atoms with Crippen molar-refractivity contribution in [3.8, 4) is 0 Å². The lowest BCUT2D eigenvalue weighted by Gasteiger charge is -2.26. The molecule has 9 heteroatoms. The highest BCUT2D eigenvalue weighted by Gasteiger charge is 2.36. The number of likely N-dealkylation sites (tertiary alicyclic amines) is 1. The number of amides is 2. The van der Waals surface area contributed by atoms with Crippen molar-refractivity contribution >= 4 is 27.5 Å². The number of carbonyl (C=O) groups excluding carboxylic acids is 2. The molecular weight excluding hydrogens is 368 g/mol. The van der Waals surface area contributed by atoms with Crippen LogP contribution in [0, 0.1) is 5.92 Å². The minimum absolute atomic E-state index is 0.00818. The van der Waals surface area contributed by atoms with Gasteiger partial charge < -0.3 is 16.0 Å². The van der Waals surface area contributed by atoms with Gasteiger partial charge in [0.1, 0.15) is 0 Å². The van der Waals surface area contributed by atoms with Crippen LogP contribution in [0.2, 0.25) is 0 Å². The summed E-state index contributed by atoms with van der Waals surface area (Å²) in [6.45, 7) is 4.78. The number of carbonyl (C=O) groups is 2. The molecule has 1 saturated heterocycles. The van der Waals surface area contributed by atoms with Gasteiger partial charge in [0.25, 0.3) is 0 Å². The normalized spacial score (nSPS) is 17.6. The van der Waals surface area contributed by atoms with Gasteiger partial charge in [-0.1, -0.05) is 19.9 Å². The van der Waals surface area contributed by atoms with Crippen LogP contribution < -0.4 is 15.8 Å². The van der Waals surface area contributed by atoms with Gasteiger partial charge in [0.15, 0.2) is 0 Å². The fraction of sp³-hybridized carbons (Fsp3) is 0.556. The molecule has 1 aromatic rings. The van der Waals surface area contributed by atoms with Crippen molar-refractivity contribution in [2.24, 2.45) is 11.7 Å². The monoisotopic (exact) mass is 396 g/mol. The maximum Gasteiger partial charge on any atom is 0.240 e. The third kappa shape index (κ3) is 5.27. The topological polar surface area (TPSA) is 122 Å². The second-order valence-electron chi connectivity index (χ2n) is 6.62. The molecule has 0 saturated carbocycles. The summed E-state index contributed by atoms with van der Waals surface area (Å²) < 4.78 is 26.7. The van der Waals surface area contributed by atoms with Crippen LogP contribution in [0.15, 0.2) is 29.2 Å². The summed E-state index contributed by atoms with van der Waals surface area (Å²) in [5.74, 6) is -0.721. The first-order valence-electron chi connectivity index (χ1n) is 9.22. The average Bonchev–Trinajstić information content (AvgIpc) is 3.03. The number of nitrogens with zero attached hydrogens (tertiary/aromatic N) is 1. The van der Waals surface area contributed by atoms with Gasteiger partial charge in [-0.2, -0.15) is 0 Å². The van der Waals surface area contributed by atoms with E-state index in [0.29, 0.717) is 12.2 Å². The van der Waals surface area contributed by atoms with Crippen molar-refractivity contribution in [1.29, 1.82) is 0 Å². The van der Waals surface area contributed by atoms with Crippen LogP contribution in [0.4, 0.5) is 5.69 Å². The second kappa shape index (κ2) is 9.29. The Morgan fingerprint density at radius 3 is 2.67 bits per heavy atom. The van der Waals surface area contributed by atoms with Crippen LogP contribution in [0.25, 0.3) is 0 Å². The standard InChI is InChI=1S/C18H28N4O4S/c1-3-15(4-2)22-12-13(10-17(22)23)18(24)21-14-6-5-7-16(11-14)27(25,26)20-9-8-19/h5-7,11,13,15,20H,3-4,8-10,12,19H2,1-2H3,(H,21,24). The fourth-order valence-electron chi connectivity index (χ4n) is 3.25. The fourth-order valence-corrected chi connectivity index (χ4v) is 4.34. The number of nitrogens with two attached hydrogens (primary N) is 1. The Morgan fingerprint density at radius 2 is 2.04 bits per heavy atom. The number of sulfonamides is 1. The Kier molecular flexibility index (Phi) is 7.34. The van der Waals surface area contributed by atoms with E-state index in [-0.39, 0.29) is 42.3 Å². The van der Waals surface area contributed by atoms with E-state index in [1.54, 1.807) is 17.0 Å². The summed E-state index contributed by atoms with van der Waals surface area (Å²) in [6, 6.07) is 6.17. The first kappa shape index (κ1) is 21.3. The van der Waals surface area contributed by atoms with E-state index < -0.39 is 15.9 Å². The summed E-state index contributed by atoms with van der Waals surface area (Å²) in [5.41, 5.74) is 5.71. The summed E-state index contributed by atoms with van der Waals surface area (Å²) in [5, 5.41) is 2.73. The average molecular weight is 397 g/mol. The summed E-state index contributed by atoms with van der Waals surface area (Å²) in [6.07, 6.45) is 1.89. The van der Waals surface area contributed by atoms with E-state index in [4.69, 9.17) is 5.73 Å². The molecule has 0 radical (unpaired) electrons. The van der Waals surface area contributed by atoms with Crippen molar-refractivity contribution in [3.05, 3.63) is 24.3 Å². The van der Waals surface area contributed by atoms with Crippen LogP contribution >= 0.6 is 0 Å². The zero-order valence-electron chi connectivity index (χ0n) is 15.8. The first-order chi connectivity index (χ1) is 12.8. The van der Waals surface area contributed by atoms with Gasteiger partial charge in [-0.05, 0) is 31.0 Å². The maximum atomic E-state index is 12.6. The van der Waals surface area contributed by atoms with Gasteiger partial charge in [0.05, 0.1) is 10.8 Å². The van der Waals surface area contributed by atoms with Crippen LogP contribution in [-0.2, 0) is 19.6 Å². The number of hydrogen-bond acceptors (Lipinski definition) is 5. The van der Waals surface area contributed by atoms with Crippen molar-refractivity contribution in [2.75, 3.05) is 25.0 Å². The zero-order chi connectivity index (χ0) is 20.0. The minimum atomic E-state index is -3.68. The van der Waals surface area contributed by atoms with Crippen LogP contribution in [0.3, 0.4) is 0 Å². The lowest BCUT2D eigenvalue weighted by Crippen LogP contribution is -2.36. The zero-order valence-corrected chi connectivity index (χ0v) is 16.6. The molecule has 2 rings (SSSR count). The molecule has 4 N–H and O–H groups in total. The lowest BCUT2D eigenvalue weighted by atomic mass is 10.1. The quantitative estimate of drug-likeness (QED) is 0.572. The molecule has 27 heavy (non-hydrogen) atoms. The van der Waals surface area contributed by atoms with E-state index in [2.05, 4.69) is 10.0 Å². The number of anilines is 1. The molecule has 0 aliphatic carbocycles. The Labute approximate surface area is 160 Å². The van der Waals surface area contributed by atoms with Gasteiger partial charge in [0.2, 0.25) is 21.8 Å². The molecule has 0 spiro atoms. The molecule has 1 atom stereocenters. The highest BCUT2D eigenvalue weighted by atomic mass is 32.2. The summed E-state index contributed by atoms with van der Waals surface area (Å²) >= 11 is 0. The third-order valence-electron chi connectivity index (χ3n) is 4.76. The number of benzene rings is 1. The van der Waals surface area contributed by atoms with Crippen LogP contribution in [0.1, 0.15) is 33.1 Å². The van der Waals surface area contributed by atoms with Crippen molar-refractivity contribution in [1.82, 2.24) is 9.62 Å². The van der Waals surface area contributed by atoms with Gasteiger partial charge in [0, 0.05) is 37.8 Å². The molecule has 0 bridgehead atoms. The molecule has 1 aromatic carbocycles. The van der Waals surface area contributed by atoms with Gasteiger partial charge >= 0.3 is 0 Å². The number of nitrogens with one attached hydrogen (secondary N) is 2. The molecule has 1 aliphatic heterocycles. The third-order valence-corrected chi connectivity index (χ3v) is 6.22. The predicted molar refractivity (Wildman–Crippen MR) is 104 cm³/mol. The highest BCUT2D eigenvalue weighted by molar-refractivity contribution is 7.89. The number of rotatable bonds is 9. The molecule has 8 nitrogen and oxygen atoms in total.